The van der Waals surface area contributed by atoms with Crippen molar-refractivity contribution >= 4 is 35.0 Å². The molecular weight excluding hydrogens is 396 g/mol. The highest BCUT2D eigenvalue weighted by Gasteiger charge is 2.14. The molecular formula is C24H24N2O3S. The van der Waals surface area contributed by atoms with Crippen LogP contribution < -0.4 is 15.4 Å². The van der Waals surface area contributed by atoms with Crippen molar-refractivity contribution in [2.45, 2.75) is 24.0 Å². The summed E-state index contributed by atoms with van der Waals surface area (Å²) >= 11 is 1.46. The number of thioether (sulfide) groups is 1. The van der Waals surface area contributed by atoms with E-state index in [0.29, 0.717) is 11.4 Å². The summed E-state index contributed by atoms with van der Waals surface area (Å²) in [6, 6.07) is 24.3. The number of carbonyl (C=O) groups is 2. The highest BCUT2D eigenvalue weighted by Crippen LogP contribution is 2.25. The molecule has 0 aliphatic carbocycles. The van der Waals surface area contributed by atoms with Crippen molar-refractivity contribution in [1.82, 2.24) is 0 Å². The molecule has 30 heavy (non-hydrogen) atoms. The van der Waals surface area contributed by atoms with Gasteiger partial charge >= 0.3 is 0 Å². The van der Waals surface area contributed by atoms with Crippen LogP contribution in [0.2, 0.25) is 0 Å². The number of benzene rings is 3. The summed E-state index contributed by atoms with van der Waals surface area (Å²) in [4.78, 5) is 25.4. The van der Waals surface area contributed by atoms with Gasteiger partial charge in [-0.25, -0.2) is 0 Å². The number of aryl methyl sites for hydroxylation is 1. The van der Waals surface area contributed by atoms with Crippen LogP contribution in [-0.4, -0.2) is 23.7 Å². The highest BCUT2D eigenvalue weighted by molar-refractivity contribution is 8.00. The van der Waals surface area contributed by atoms with Gasteiger partial charge in [0.2, 0.25) is 5.91 Å². The van der Waals surface area contributed by atoms with Crippen molar-refractivity contribution in [3.63, 3.8) is 0 Å². The van der Waals surface area contributed by atoms with Gasteiger partial charge in [-0.05, 0) is 62.4 Å². The van der Waals surface area contributed by atoms with Crippen molar-refractivity contribution < 1.29 is 14.3 Å². The minimum atomic E-state index is -0.258. The molecule has 0 heterocycles. The van der Waals surface area contributed by atoms with E-state index >= 15 is 0 Å². The number of hydrogen-bond donors (Lipinski definition) is 2. The van der Waals surface area contributed by atoms with E-state index in [1.807, 2.05) is 80.6 Å². The van der Waals surface area contributed by atoms with Crippen LogP contribution in [0.15, 0.2) is 83.8 Å². The monoisotopic (exact) mass is 420 g/mol. The second-order valence-electron chi connectivity index (χ2n) is 6.79. The predicted molar refractivity (Wildman–Crippen MR) is 122 cm³/mol. The molecule has 2 N–H and O–H groups in total. The molecule has 0 radical (unpaired) electrons. The first-order valence-corrected chi connectivity index (χ1v) is 10.5. The quantitative estimate of drug-likeness (QED) is 0.496. The summed E-state index contributed by atoms with van der Waals surface area (Å²) in [6.07, 6.45) is 0. The highest BCUT2D eigenvalue weighted by atomic mass is 32.2. The number of rotatable bonds is 8. The first-order chi connectivity index (χ1) is 14.5. The number of carbonyl (C=O) groups excluding carboxylic acids is 2. The lowest BCUT2D eigenvalue weighted by Gasteiger charge is -2.13. The smallest absolute Gasteiger partial charge is 0.262 e. The van der Waals surface area contributed by atoms with Gasteiger partial charge in [-0.2, -0.15) is 0 Å². The Morgan fingerprint density at radius 2 is 1.47 bits per heavy atom. The van der Waals surface area contributed by atoms with Gasteiger partial charge in [-0.1, -0.05) is 35.9 Å². The predicted octanol–water partition coefficient (Wildman–Crippen LogP) is 5.13. The van der Waals surface area contributed by atoms with Gasteiger partial charge < -0.3 is 15.4 Å². The molecule has 1 unspecified atom stereocenters. The van der Waals surface area contributed by atoms with Gasteiger partial charge in [-0.3, -0.25) is 9.59 Å². The lowest BCUT2D eigenvalue weighted by atomic mass is 10.2. The molecule has 3 rings (SSSR count). The van der Waals surface area contributed by atoms with Crippen molar-refractivity contribution in [2.24, 2.45) is 0 Å². The van der Waals surface area contributed by atoms with E-state index in [4.69, 9.17) is 4.74 Å². The summed E-state index contributed by atoms with van der Waals surface area (Å²) in [5, 5.41) is 5.47. The molecule has 2 amide bonds. The molecule has 3 aromatic rings. The molecule has 0 fully saturated rings. The molecule has 3 aromatic carbocycles. The van der Waals surface area contributed by atoms with E-state index < -0.39 is 0 Å². The third-order valence-electron chi connectivity index (χ3n) is 4.25. The molecule has 0 aromatic heterocycles. The Kier molecular flexibility index (Phi) is 7.51. The average molecular weight is 421 g/mol. The fourth-order valence-corrected chi connectivity index (χ4v) is 3.49. The van der Waals surface area contributed by atoms with Crippen molar-refractivity contribution in [3.05, 3.63) is 84.4 Å². The number of para-hydroxylation sites is 1. The van der Waals surface area contributed by atoms with Crippen molar-refractivity contribution in [1.29, 1.82) is 0 Å². The van der Waals surface area contributed by atoms with Gasteiger partial charge in [0.15, 0.2) is 6.61 Å². The van der Waals surface area contributed by atoms with Gasteiger partial charge in [0.1, 0.15) is 5.75 Å². The average Bonchev–Trinajstić information content (AvgIpc) is 2.76. The molecule has 0 aliphatic rings. The molecule has 1 atom stereocenters. The SMILES string of the molecule is Cc1ccc(NC(=O)C(C)Sc2ccc(NC(=O)COc3ccccc3)cc2)cc1. The third-order valence-corrected chi connectivity index (χ3v) is 5.36. The Balaban J connectivity index is 1.46. The van der Waals surface area contributed by atoms with E-state index in [9.17, 15) is 9.59 Å². The van der Waals surface area contributed by atoms with Gasteiger partial charge in [-0.15, -0.1) is 11.8 Å². The van der Waals surface area contributed by atoms with Crippen LogP contribution in [0.1, 0.15) is 12.5 Å². The number of ether oxygens (including phenoxy) is 1. The first kappa shape index (κ1) is 21.5. The Morgan fingerprint density at radius 3 is 2.13 bits per heavy atom. The Bertz CT molecular complexity index is 974. The normalized spacial score (nSPS) is 11.4. The Labute approximate surface area is 180 Å². The molecule has 0 aliphatic heterocycles. The lowest BCUT2D eigenvalue weighted by molar-refractivity contribution is -0.118. The maximum absolute atomic E-state index is 12.4. The van der Waals surface area contributed by atoms with Crippen LogP contribution in [0.3, 0.4) is 0 Å². The summed E-state index contributed by atoms with van der Waals surface area (Å²) in [6.45, 7) is 3.81. The van der Waals surface area contributed by atoms with Crippen LogP contribution in [0.25, 0.3) is 0 Å². The van der Waals surface area contributed by atoms with Gasteiger partial charge in [0, 0.05) is 16.3 Å². The second-order valence-corrected chi connectivity index (χ2v) is 8.20. The molecule has 0 saturated carbocycles. The Hall–Kier alpha value is -3.25. The fraction of sp³-hybridized carbons (Fsp3) is 0.167. The van der Waals surface area contributed by atoms with E-state index in [1.165, 1.54) is 11.8 Å². The fourth-order valence-electron chi connectivity index (χ4n) is 2.62. The van der Waals surface area contributed by atoms with E-state index in [0.717, 1.165) is 16.1 Å². The van der Waals surface area contributed by atoms with Gasteiger partial charge in [0.05, 0.1) is 5.25 Å². The zero-order chi connectivity index (χ0) is 21.3. The number of amides is 2. The molecule has 154 valence electrons. The summed E-state index contributed by atoms with van der Waals surface area (Å²) in [5.41, 5.74) is 2.61. The summed E-state index contributed by atoms with van der Waals surface area (Å²) in [7, 11) is 0. The van der Waals surface area contributed by atoms with E-state index in [2.05, 4.69) is 10.6 Å². The minimum absolute atomic E-state index is 0.0562. The van der Waals surface area contributed by atoms with Crippen molar-refractivity contribution in [3.8, 4) is 5.75 Å². The molecule has 0 saturated heterocycles. The first-order valence-electron chi connectivity index (χ1n) is 9.61. The minimum Gasteiger partial charge on any atom is -0.484 e. The van der Waals surface area contributed by atoms with Crippen LogP contribution in [0.5, 0.6) is 5.75 Å². The number of anilines is 2. The van der Waals surface area contributed by atoms with Gasteiger partial charge in [0.25, 0.3) is 5.91 Å². The molecule has 5 nitrogen and oxygen atoms in total. The largest absolute Gasteiger partial charge is 0.484 e. The molecule has 0 bridgehead atoms. The van der Waals surface area contributed by atoms with E-state index in [1.54, 1.807) is 12.1 Å². The van der Waals surface area contributed by atoms with Crippen LogP contribution in [0, 0.1) is 6.92 Å². The van der Waals surface area contributed by atoms with Crippen molar-refractivity contribution in [2.75, 3.05) is 17.2 Å². The number of hydrogen-bond acceptors (Lipinski definition) is 4. The van der Waals surface area contributed by atoms with Crippen LogP contribution in [-0.2, 0) is 9.59 Å². The third kappa shape index (κ3) is 6.67. The van der Waals surface area contributed by atoms with Crippen LogP contribution >= 0.6 is 11.8 Å². The maximum Gasteiger partial charge on any atom is 0.262 e. The summed E-state index contributed by atoms with van der Waals surface area (Å²) < 4.78 is 5.44. The topological polar surface area (TPSA) is 67.4 Å². The molecule has 0 spiro atoms. The standard InChI is InChI=1S/C24H24N2O3S/c1-17-8-10-20(11-9-17)26-24(28)18(2)30-22-14-12-19(13-15-22)25-23(27)16-29-21-6-4-3-5-7-21/h3-15,18H,16H2,1-2H3,(H,25,27)(H,26,28). The van der Waals surface area contributed by atoms with Crippen LogP contribution in [0.4, 0.5) is 11.4 Å². The number of nitrogens with one attached hydrogen (secondary N) is 2. The second kappa shape index (κ2) is 10.5. The zero-order valence-electron chi connectivity index (χ0n) is 16.9. The lowest BCUT2D eigenvalue weighted by Crippen LogP contribution is -2.22. The maximum atomic E-state index is 12.4. The molecule has 6 heteroatoms. The Morgan fingerprint density at radius 1 is 0.867 bits per heavy atom. The zero-order valence-corrected chi connectivity index (χ0v) is 17.7. The summed E-state index contributed by atoms with van der Waals surface area (Å²) in [5.74, 6) is 0.363. The van der Waals surface area contributed by atoms with E-state index in [-0.39, 0.29) is 23.7 Å².